The average molecular weight is 507 g/mol. The lowest BCUT2D eigenvalue weighted by molar-refractivity contribution is -0.154. The van der Waals surface area contributed by atoms with Crippen LogP contribution in [0.25, 0.3) is 0 Å². The second-order valence-corrected chi connectivity index (χ2v) is 11.5. The molecule has 3 rings (SSSR count). The smallest absolute Gasteiger partial charge is 0.310 e. The lowest BCUT2D eigenvalue weighted by Gasteiger charge is -2.37. The predicted octanol–water partition coefficient (Wildman–Crippen LogP) is 3.56. The standard InChI is InChI=1S/C27H42N2O5S/c1-4-7-9-11-19-34-26(33)21-20-13-14-27(35-20)22(21)24(31)29(17-12-18-30)23(27)25(32)28(15-6-3)16-10-8-5-2/h4,6,20-23,30H,1,3,5,7-19H2,2H3/t20-,21+,22+,23?,27?/m1/s1. The molecule has 3 aliphatic rings. The lowest BCUT2D eigenvalue weighted by atomic mass is 9.71. The number of ether oxygens (including phenoxy) is 1. The Morgan fingerprint density at radius 3 is 2.71 bits per heavy atom. The Labute approximate surface area is 214 Å². The second-order valence-electron chi connectivity index (χ2n) is 9.90. The molecule has 2 unspecified atom stereocenters. The molecule has 2 amide bonds. The van der Waals surface area contributed by atoms with Gasteiger partial charge in [-0.1, -0.05) is 31.9 Å². The van der Waals surface area contributed by atoms with Crippen LogP contribution in [0.1, 0.15) is 64.7 Å². The van der Waals surface area contributed by atoms with Crippen molar-refractivity contribution in [1.29, 1.82) is 0 Å². The molecule has 0 saturated carbocycles. The Morgan fingerprint density at radius 2 is 2.03 bits per heavy atom. The van der Waals surface area contributed by atoms with E-state index in [0.29, 0.717) is 32.7 Å². The van der Waals surface area contributed by atoms with E-state index < -0.39 is 22.6 Å². The molecule has 5 atom stereocenters. The van der Waals surface area contributed by atoms with Crippen LogP contribution in [0.5, 0.6) is 0 Å². The van der Waals surface area contributed by atoms with Crippen molar-refractivity contribution in [2.45, 2.75) is 80.7 Å². The van der Waals surface area contributed by atoms with E-state index in [9.17, 15) is 19.5 Å². The fourth-order valence-electron chi connectivity index (χ4n) is 6.01. The van der Waals surface area contributed by atoms with Gasteiger partial charge in [-0.25, -0.2) is 0 Å². The quantitative estimate of drug-likeness (QED) is 0.196. The lowest BCUT2D eigenvalue weighted by Crippen LogP contribution is -2.55. The van der Waals surface area contributed by atoms with Crippen molar-refractivity contribution in [2.24, 2.45) is 11.8 Å². The molecular weight excluding hydrogens is 464 g/mol. The molecule has 0 aliphatic carbocycles. The van der Waals surface area contributed by atoms with E-state index in [-0.39, 0.29) is 29.6 Å². The van der Waals surface area contributed by atoms with Gasteiger partial charge in [0.05, 0.1) is 23.2 Å². The highest BCUT2D eigenvalue weighted by atomic mass is 32.2. The summed E-state index contributed by atoms with van der Waals surface area (Å²) in [5.41, 5.74) is 0. The summed E-state index contributed by atoms with van der Waals surface area (Å²) < 4.78 is 5.03. The van der Waals surface area contributed by atoms with Crippen LogP contribution >= 0.6 is 11.8 Å². The molecule has 7 nitrogen and oxygen atoms in total. The minimum atomic E-state index is -0.617. The number of hydrogen-bond donors (Lipinski definition) is 1. The Kier molecular flexibility index (Phi) is 10.3. The number of carbonyl (C=O) groups is 3. The third kappa shape index (κ3) is 5.63. The molecular formula is C27H42N2O5S. The van der Waals surface area contributed by atoms with Gasteiger partial charge in [-0.05, 0) is 44.9 Å². The molecule has 3 heterocycles. The van der Waals surface area contributed by atoms with Crippen molar-refractivity contribution in [3.8, 4) is 0 Å². The summed E-state index contributed by atoms with van der Waals surface area (Å²) in [6.45, 7) is 11.3. The van der Waals surface area contributed by atoms with Crippen LogP contribution in [-0.4, -0.2) is 81.6 Å². The molecule has 8 heteroatoms. The highest BCUT2D eigenvalue weighted by Crippen LogP contribution is 2.66. The third-order valence-corrected chi connectivity index (χ3v) is 9.55. The number of thioether (sulfide) groups is 1. The third-order valence-electron chi connectivity index (χ3n) is 7.60. The maximum atomic E-state index is 14.0. The Balaban J connectivity index is 1.84. The van der Waals surface area contributed by atoms with Crippen LogP contribution < -0.4 is 0 Å². The van der Waals surface area contributed by atoms with Crippen molar-refractivity contribution in [3.05, 3.63) is 25.3 Å². The van der Waals surface area contributed by atoms with E-state index in [1.807, 2.05) is 11.0 Å². The van der Waals surface area contributed by atoms with Crippen LogP contribution in [0.4, 0.5) is 0 Å². The van der Waals surface area contributed by atoms with Gasteiger partial charge >= 0.3 is 5.97 Å². The molecule has 3 fully saturated rings. The first kappa shape index (κ1) is 27.8. The number of carbonyl (C=O) groups excluding carboxylic acids is 3. The molecule has 1 spiro atoms. The van der Waals surface area contributed by atoms with E-state index in [0.717, 1.165) is 51.4 Å². The summed E-state index contributed by atoms with van der Waals surface area (Å²) in [6.07, 6.45) is 11.1. The van der Waals surface area contributed by atoms with E-state index in [1.54, 1.807) is 22.7 Å². The van der Waals surface area contributed by atoms with E-state index in [1.165, 1.54) is 0 Å². The first-order valence-electron chi connectivity index (χ1n) is 13.2. The summed E-state index contributed by atoms with van der Waals surface area (Å²) in [5, 5.41) is 9.48. The Bertz CT molecular complexity index is 790. The number of aliphatic hydroxyl groups excluding tert-OH is 1. The van der Waals surface area contributed by atoms with Crippen LogP contribution in [0.15, 0.2) is 25.3 Å². The number of likely N-dealkylation sites (tertiary alicyclic amines) is 1. The normalized spacial score (nSPS) is 28.7. The maximum Gasteiger partial charge on any atom is 0.310 e. The van der Waals surface area contributed by atoms with Crippen LogP contribution in [0, 0.1) is 11.8 Å². The summed E-state index contributed by atoms with van der Waals surface area (Å²) in [4.78, 5) is 44.5. The molecule has 3 aliphatic heterocycles. The largest absolute Gasteiger partial charge is 0.465 e. The number of hydrogen-bond acceptors (Lipinski definition) is 6. The van der Waals surface area contributed by atoms with Gasteiger partial charge in [-0.2, -0.15) is 0 Å². The van der Waals surface area contributed by atoms with Gasteiger partial charge in [0.25, 0.3) is 0 Å². The van der Waals surface area contributed by atoms with Crippen LogP contribution in [-0.2, 0) is 19.1 Å². The van der Waals surface area contributed by atoms with Gasteiger partial charge in [0.2, 0.25) is 11.8 Å². The Morgan fingerprint density at radius 1 is 1.23 bits per heavy atom. The Hall–Kier alpha value is -1.80. The molecule has 0 aromatic rings. The van der Waals surface area contributed by atoms with Crippen LogP contribution in [0.3, 0.4) is 0 Å². The topological polar surface area (TPSA) is 87.1 Å². The predicted molar refractivity (Wildman–Crippen MR) is 139 cm³/mol. The molecule has 196 valence electrons. The first-order valence-corrected chi connectivity index (χ1v) is 14.1. The number of aliphatic hydroxyl groups is 1. The molecule has 0 aromatic carbocycles. The van der Waals surface area contributed by atoms with Crippen molar-refractivity contribution in [3.63, 3.8) is 0 Å². The fourth-order valence-corrected chi connectivity index (χ4v) is 8.22. The summed E-state index contributed by atoms with van der Waals surface area (Å²) in [5.74, 6) is -1.54. The number of amides is 2. The van der Waals surface area contributed by atoms with Crippen molar-refractivity contribution < 1.29 is 24.2 Å². The van der Waals surface area contributed by atoms with Gasteiger partial charge in [0.1, 0.15) is 6.04 Å². The van der Waals surface area contributed by atoms with Crippen molar-refractivity contribution in [1.82, 2.24) is 9.80 Å². The van der Waals surface area contributed by atoms with Crippen molar-refractivity contribution in [2.75, 3.05) is 32.8 Å². The van der Waals surface area contributed by atoms with Gasteiger partial charge in [-0.15, -0.1) is 24.9 Å². The van der Waals surface area contributed by atoms with E-state index in [4.69, 9.17) is 4.74 Å². The number of esters is 1. The van der Waals surface area contributed by atoms with E-state index >= 15 is 0 Å². The maximum absolute atomic E-state index is 14.0. The average Bonchev–Trinajstić information content (AvgIpc) is 3.49. The summed E-state index contributed by atoms with van der Waals surface area (Å²) >= 11 is 1.66. The molecule has 1 N–H and O–H groups in total. The SMILES string of the molecule is C=CCCCCOC(=O)[C@@H]1[C@H]2C(=O)N(CCCO)C(C(=O)N(CC=C)CCCCC)C23CC[C@H]1S3. The van der Waals surface area contributed by atoms with Gasteiger partial charge in [0.15, 0.2) is 0 Å². The summed E-state index contributed by atoms with van der Waals surface area (Å²) in [6, 6.07) is -0.617. The minimum Gasteiger partial charge on any atom is -0.465 e. The fraction of sp³-hybridized carbons (Fsp3) is 0.741. The zero-order valence-corrected chi connectivity index (χ0v) is 22.0. The van der Waals surface area contributed by atoms with Crippen molar-refractivity contribution >= 4 is 29.5 Å². The summed E-state index contributed by atoms with van der Waals surface area (Å²) in [7, 11) is 0. The zero-order valence-electron chi connectivity index (χ0n) is 21.2. The zero-order chi connectivity index (χ0) is 25.4. The van der Waals surface area contributed by atoms with Gasteiger partial charge in [0, 0.05) is 31.5 Å². The van der Waals surface area contributed by atoms with E-state index in [2.05, 4.69) is 20.1 Å². The second kappa shape index (κ2) is 12.9. The molecule has 0 aromatic heterocycles. The first-order chi connectivity index (χ1) is 17.0. The number of nitrogens with zero attached hydrogens (tertiary/aromatic N) is 2. The number of unbranched alkanes of at least 4 members (excludes halogenated alkanes) is 4. The highest BCUT2D eigenvalue weighted by molar-refractivity contribution is 8.02. The minimum absolute atomic E-state index is 0.00728. The van der Waals surface area contributed by atoms with Gasteiger partial charge in [-0.3, -0.25) is 14.4 Å². The molecule has 3 saturated heterocycles. The number of allylic oxidation sites excluding steroid dienone is 1. The number of rotatable bonds is 16. The van der Waals surface area contributed by atoms with Crippen LogP contribution in [0.2, 0.25) is 0 Å². The molecule has 35 heavy (non-hydrogen) atoms. The highest BCUT2D eigenvalue weighted by Gasteiger charge is 2.74. The monoisotopic (exact) mass is 506 g/mol. The molecule has 0 radical (unpaired) electrons. The number of fused-ring (bicyclic) bond motifs is 1. The van der Waals surface area contributed by atoms with Gasteiger partial charge < -0.3 is 19.6 Å². The molecule has 2 bridgehead atoms.